The Labute approximate surface area is 282 Å². The van der Waals surface area contributed by atoms with Crippen molar-refractivity contribution >= 4 is 28.8 Å². The Morgan fingerprint density at radius 2 is 1.70 bits per heavy atom. The van der Waals surface area contributed by atoms with Crippen LogP contribution >= 0.6 is 0 Å². The van der Waals surface area contributed by atoms with E-state index in [4.69, 9.17) is 4.42 Å². The maximum absolute atomic E-state index is 13.9. The quantitative estimate of drug-likeness (QED) is 0.364. The van der Waals surface area contributed by atoms with E-state index in [-0.39, 0.29) is 27.8 Å². The number of benzene rings is 1. The van der Waals surface area contributed by atoms with Crippen LogP contribution in [0.2, 0.25) is 0 Å². The minimum atomic E-state index is -0.191. The lowest BCUT2D eigenvalue weighted by Crippen LogP contribution is -2.66. The highest BCUT2D eigenvalue weighted by molar-refractivity contribution is 5.93. The van der Waals surface area contributed by atoms with Crippen LogP contribution in [-0.2, 0) is 0 Å². The monoisotopic (exact) mass is 639 g/mol. The van der Waals surface area contributed by atoms with Crippen LogP contribution < -0.4 is 5.32 Å². The van der Waals surface area contributed by atoms with Gasteiger partial charge in [0, 0.05) is 48.7 Å². The molecule has 4 fully saturated rings. The number of hydrogen-bond acceptors (Lipinski definition) is 5. The third kappa shape index (κ3) is 4.57. The Bertz CT molecular complexity index is 1640. The number of carbonyl (C=O) groups is 1. The minimum absolute atomic E-state index is 0.0807. The van der Waals surface area contributed by atoms with Crippen LogP contribution in [0.3, 0.4) is 0 Å². The van der Waals surface area contributed by atoms with Crippen molar-refractivity contribution < 1.29 is 9.21 Å². The average molecular weight is 640 g/mol. The van der Waals surface area contributed by atoms with Gasteiger partial charge in [0.05, 0.1) is 0 Å². The zero-order valence-corrected chi connectivity index (χ0v) is 30.0. The number of urea groups is 1. The maximum atomic E-state index is 13.9. The second kappa shape index (κ2) is 10.7. The molecule has 6 aliphatic rings. The number of fused-ring (bicyclic) bond motifs is 8. The van der Waals surface area contributed by atoms with Crippen molar-refractivity contribution in [3.63, 3.8) is 0 Å². The van der Waals surface area contributed by atoms with Gasteiger partial charge in [-0.05, 0) is 130 Å². The minimum Gasteiger partial charge on any atom is -0.443 e. The highest BCUT2D eigenvalue weighted by atomic mass is 16.3. The fraction of sp³-hybridized carbons (Fsp3) is 0.700. The second-order valence-electron chi connectivity index (χ2n) is 17.7. The summed E-state index contributed by atoms with van der Waals surface area (Å²) in [5.41, 5.74) is 7.35. The summed E-state index contributed by atoms with van der Waals surface area (Å²) in [4.78, 5) is 25.6. The molecule has 0 unspecified atom stereocenters. The fourth-order valence-electron chi connectivity index (χ4n) is 11.7. The summed E-state index contributed by atoms with van der Waals surface area (Å²) in [6, 6.07) is 3.11. The number of rotatable bonds is 2. The van der Waals surface area contributed by atoms with Crippen molar-refractivity contribution in [3.05, 3.63) is 41.3 Å². The lowest BCUT2D eigenvalue weighted by molar-refractivity contribution is -0.171. The molecule has 8 rings (SSSR count). The van der Waals surface area contributed by atoms with E-state index in [1.54, 1.807) is 6.39 Å². The van der Waals surface area contributed by atoms with Crippen LogP contribution in [-0.4, -0.2) is 83.6 Å². The van der Waals surface area contributed by atoms with Crippen molar-refractivity contribution in [2.24, 2.45) is 27.6 Å². The summed E-state index contributed by atoms with van der Waals surface area (Å²) >= 11 is 0. The lowest BCUT2D eigenvalue weighted by atomic mass is 9.34. The fourth-order valence-corrected chi connectivity index (χ4v) is 11.7. The molecule has 7 nitrogen and oxygen atoms in total. The summed E-state index contributed by atoms with van der Waals surface area (Å²) in [5.74, 6) is 0.526. The van der Waals surface area contributed by atoms with E-state index in [9.17, 15) is 4.79 Å². The molecule has 4 aliphatic carbocycles. The molecule has 0 bridgehead atoms. The number of oxazole rings is 1. The summed E-state index contributed by atoms with van der Waals surface area (Å²) in [5, 5.41) is 3.66. The zero-order valence-electron chi connectivity index (χ0n) is 30.0. The van der Waals surface area contributed by atoms with Gasteiger partial charge >= 0.3 is 6.03 Å². The van der Waals surface area contributed by atoms with Gasteiger partial charge in [-0.2, -0.15) is 0 Å². The molecule has 7 heteroatoms. The number of allylic oxidation sites excluding steroid dienone is 3. The summed E-state index contributed by atoms with van der Waals surface area (Å²) < 4.78 is 5.79. The molecule has 3 heterocycles. The molecule has 0 radical (unpaired) electrons. The zero-order chi connectivity index (χ0) is 33.0. The van der Waals surface area contributed by atoms with E-state index in [0.717, 1.165) is 56.5 Å². The van der Waals surface area contributed by atoms with Crippen LogP contribution in [0.1, 0.15) is 103 Å². The number of carbonyl (C=O) groups excluding carboxylic acids is 1. The molecule has 0 spiro atoms. The largest absolute Gasteiger partial charge is 0.443 e. The van der Waals surface area contributed by atoms with Crippen molar-refractivity contribution in [2.45, 2.75) is 104 Å². The first-order valence-electron chi connectivity index (χ1n) is 18.6. The van der Waals surface area contributed by atoms with E-state index < -0.39 is 0 Å². The number of aromatic nitrogens is 1. The van der Waals surface area contributed by atoms with E-state index >= 15 is 0 Å². The standard InChI is InChI=1S/C40H57N5O2/c1-27-29-8-12-38(4)31(30(29)24-32-34(27)47-26-41-32)9-13-39(5)33-25-37(3,16-14-36(33,2)15-17-40(38,39)6)42-35(46)45-22-20-44(21-23-45)28-10-18-43(7)19-11-28/h8-9,12,24,26,28,33H,10-11,13-23,25H2,1-7H3,(H,42,46)/t33-,36-,37-,38-,39+,40-/m1/s1. The Balaban J connectivity index is 1.03. The number of amides is 2. The number of aryl methyl sites for hydroxylation is 1. The predicted octanol–water partition coefficient (Wildman–Crippen LogP) is 7.75. The summed E-state index contributed by atoms with van der Waals surface area (Å²) in [7, 11) is 2.23. The van der Waals surface area contributed by atoms with Crippen molar-refractivity contribution in [3.8, 4) is 0 Å². The van der Waals surface area contributed by atoms with Gasteiger partial charge < -0.3 is 19.5 Å². The van der Waals surface area contributed by atoms with Gasteiger partial charge in [0.15, 0.2) is 12.0 Å². The SMILES string of the molecule is Cc1c2c(cc3ncoc13)C1=CC[C@@]3(C)[C@@H]4C[C@](C)(NC(=O)N5CCN(C6CCN(C)CC6)CC5)CC[C@]4(C)CC[C@]3(C)[C@]1(C)C=C2. The Kier molecular flexibility index (Phi) is 7.18. The number of piperazine rings is 1. The van der Waals surface area contributed by atoms with Gasteiger partial charge in [0.1, 0.15) is 5.52 Å². The molecule has 254 valence electrons. The van der Waals surface area contributed by atoms with Gasteiger partial charge in [-0.15, -0.1) is 0 Å². The third-order valence-electron chi connectivity index (χ3n) is 15.4. The third-order valence-corrected chi connectivity index (χ3v) is 15.4. The smallest absolute Gasteiger partial charge is 0.317 e. The first-order chi connectivity index (χ1) is 22.3. The Morgan fingerprint density at radius 1 is 0.979 bits per heavy atom. The molecule has 1 N–H and O–H groups in total. The molecule has 1 aromatic heterocycles. The number of likely N-dealkylation sites (tertiary alicyclic amines) is 1. The Morgan fingerprint density at radius 3 is 2.45 bits per heavy atom. The summed E-state index contributed by atoms with van der Waals surface area (Å²) in [6.45, 7) is 20.9. The van der Waals surface area contributed by atoms with Crippen LogP contribution in [0.15, 0.2) is 29.0 Å². The van der Waals surface area contributed by atoms with Crippen LogP contribution in [0.4, 0.5) is 4.79 Å². The highest BCUT2D eigenvalue weighted by Crippen LogP contribution is 2.75. The van der Waals surface area contributed by atoms with E-state index in [0.29, 0.717) is 17.4 Å². The van der Waals surface area contributed by atoms with Crippen molar-refractivity contribution in [1.29, 1.82) is 0 Å². The normalized spacial score (nSPS) is 39.5. The van der Waals surface area contributed by atoms with Crippen LogP contribution in [0.5, 0.6) is 0 Å². The van der Waals surface area contributed by atoms with Gasteiger partial charge in [-0.3, -0.25) is 4.90 Å². The number of piperidine rings is 1. The number of hydrogen-bond donors (Lipinski definition) is 1. The number of nitrogens with zero attached hydrogens (tertiary/aromatic N) is 4. The topological polar surface area (TPSA) is 64.9 Å². The molecule has 47 heavy (non-hydrogen) atoms. The molecule has 2 saturated heterocycles. The van der Waals surface area contributed by atoms with E-state index in [2.05, 4.69) is 97.9 Å². The molecule has 2 aliphatic heterocycles. The van der Waals surface area contributed by atoms with Gasteiger partial charge in [-0.25, -0.2) is 9.78 Å². The molecule has 2 amide bonds. The molecule has 6 atom stereocenters. The molecular weight excluding hydrogens is 582 g/mol. The second-order valence-corrected chi connectivity index (χ2v) is 17.7. The first kappa shape index (κ1) is 31.6. The predicted molar refractivity (Wildman–Crippen MR) is 190 cm³/mol. The van der Waals surface area contributed by atoms with Crippen molar-refractivity contribution in [2.75, 3.05) is 46.3 Å². The summed E-state index contributed by atoms with van der Waals surface area (Å²) in [6.07, 6.45) is 18.4. The van der Waals surface area contributed by atoms with Gasteiger partial charge in [0.2, 0.25) is 0 Å². The van der Waals surface area contributed by atoms with Crippen LogP contribution in [0.25, 0.3) is 22.7 Å². The first-order valence-corrected chi connectivity index (χ1v) is 18.6. The molecular formula is C40H57N5O2. The molecule has 2 aromatic rings. The number of nitrogens with one attached hydrogen (secondary N) is 1. The van der Waals surface area contributed by atoms with Gasteiger partial charge in [-0.1, -0.05) is 45.9 Å². The Hall–Kier alpha value is -2.64. The van der Waals surface area contributed by atoms with Crippen LogP contribution in [0, 0.1) is 34.5 Å². The van der Waals surface area contributed by atoms with Crippen molar-refractivity contribution in [1.82, 2.24) is 25.0 Å². The molecule has 1 aromatic carbocycles. The lowest BCUT2D eigenvalue weighted by Gasteiger charge is -2.70. The van der Waals surface area contributed by atoms with Gasteiger partial charge in [0.25, 0.3) is 0 Å². The maximum Gasteiger partial charge on any atom is 0.317 e. The highest BCUT2D eigenvalue weighted by Gasteiger charge is 2.67. The molecule has 2 saturated carbocycles. The van der Waals surface area contributed by atoms with E-state index in [1.807, 2.05) is 0 Å². The van der Waals surface area contributed by atoms with E-state index in [1.165, 1.54) is 67.5 Å². The average Bonchev–Trinajstić information content (AvgIpc) is 3.53.